The predicted molar refractivity (Wildman–Crippen MR) is 97.7 cm³/mol. The molecule has 2 rings (SSSR count). The number of hydrogen-bond donors (Lipinski definition) is 1. The van der Waals surface area contributed by atoms with Crippen LogP contribution < -0.4 is 14.8 Å². The van der Waals surface area contributed by atoms with E-state index in [1.165, 1.54) is 13.2 Å². The van der Waals surface area contributed by atoms with Crippen molar-refractivity contribution in [2.45, 2.75) is 12.5 Å². The van der Waals surface area contributed by atoms with Crippen LogP contribution in [0.3, 0.4) is 0 Å². The number of carbonyl (C=O) groups is 2. The number of methoxy groups -OCH3 is 1. The zero-order chi connectivity index (χ0) is 18.1. The first-order valence-electron chi connectivity index (χ1n) is 7.75. The van der Waals surface area contributed by atoms with E-state index in [2.05, 4.69) is 5.32 Å². The average Bonchev–Trinajstić information content (AvgIpc) is 3.09. The highest BCUT2D eigenvalue weighted by molar-refractivity contribution is 7.98. The standard InChI is InChI=1S/C18H21NO5S/c1-22-18(21)14(9-10-25-2)19-17(20)6-4-3-5-13-7-8-15-16(11-13)24-12-23-15/h3-8,11,14H,9-10,12H2,1-2H3,(H,19,20)/b5-3+,6-4+. The summed E-state index contributed by atoms with van der Waals surface area (Å²) in [5.41, 5.74) is 0.932. The van der Waals surface area contributed by atoms with Crippen LogP contribution in [0.5, 0.6) is 11.5 Å². The molecule has 0 aliphatic carbocycles. The van der Waals surface area contributed by atoms with Gasteiger partial charge in [-0.3, -0.25) is 4.79 Å². The molecule has 1 aromatic rings. The van der Waals surface area contributed by atoms with Crippen LogP contribution in [0, 0.1) is 0 Å². The van der Waals surface area contributed by atoms with Crippen LogP contribution in [0.15, 0.2) is 36.4 Å². The molecule has 1 atom stereocenters. The Morgan fingerprint density at radius 1 is 1.32 bits per heavy atom. The zero-order valence-corrected chi connectivity index (χ0v) is 15.0. The second kappa shape index (κ2) is 9.78. The number of allylic oxidation sites excluding steroid dienone is 2. The zero-order valence-electron chi connectivity index (χ0n) is 14.2. The van der Waals surface area contributed by atoms with Crippen molar-refractivity contribution in [3.63, 3.8) is 0 Å². The minimum Gasteiger partial charge on any atom is -0.467 e. The van der Waals surface area contributed by atoms with Crippen molar-refractivity contribution in [1.29, 1.82) is 0 Å². The van der Waals surface area contributed by atoms with Crippen molar-refractivity contribution >= 4 is 29.7 Å². The van der Waals surface area contributed by atoms with Gasteiger partial charge in [-0.05, 0) is 36.1 Å². The Bertz CT molecular complexity index is 671. The fourth-order valence-corrected chi connectivity index (χ4v) is 2.64. The minimum absolute atomic E-state index is 0.237. The Labute approximate surface area is 151 Å². The number of thioether (sulfide) groups is 1. The van der Waals surface area contributed by atoms with Crippen LogP contribution in [0.1, 0.15) is 12.0 Å². The van der Waals surface area contributed by atoms with Gasteiger partial charge in [-0.15, -0.1) is 0 Å². The molecule has 1 N–H and O–H groups in total. The molecule has 1 aliphatic rings. The topological polar surface area (TPSA) is 73.9 Å². The normalized spacial score (nSPS) is 14.0. The summed E-state index contributed by atoms with van der Waals surface area (Å²) in [7, 11) is 1.31. The van der Waals surface area contributed by atoms with Crippen molar-refractivity contribution in [3.8, 4) is 11.5 Å². The Morgan fingerprint density at radius 2 is 2.12 bits per heavy atom. The number of nitrogens with one attached hydrogen (secondary N) is 1. The van der Waals surface area contributed by atoms with Crippen molar-refractivity contribution in [1.82, 2.24) is 5.32 Å². The third-order valence-corrected chi connectivity index (χ3v) is 4.10. The van der Waals surface area contributed by atoms with Gasteiger partial charge in [0.05, 0.1) is 7.11 Å². The molecule has 0 saturated heterocycles. The van der Waals surface area contributed by atoms with Gasteiger partial charge in [-0.2, -0.15) is 11.8 Å². The van der Waals surface area contributed by atoms with Gasteiger partial charge in [-0.1, -0.05) is 24.3 Å². The average molecular weight is 363 g/mol. The van der Waals surface area contributed by atoms with E-state index in [0.717, 1.165) is 17.1 Å². The molecule has 25 heavy (non-hydrogen) atoms. The predicted octanol–water partition coefficient (Wildman–Crippen LogP) is 2.40. The molecule has 1 unspecified atom stereocenters. The summed E-state index contributed by atoms with van der Waals surface area (Å²) >= 11 is 1.61. The molecule has 0 radical (unpaired) electrons. The highest BCUT2D eigenvalue weighted by Crippen LogP contribution is 2.32. The van der Waals surface area contributed by atoms with E-state index in [-0.39, 0.29) is 12.7 Å². The van der Waals surface area contributed by atoms with Gasteiger partial charge in [-0.25, -0.2) is 4.79 Å². The minimum atomic E-state index is -0.632. The molecule has 1 aliphatic heterocycles. The number of benzene rings is 1. The van der Waals surface area contributed by atoms with Crippen molar-refractivity contribution in [2.75, 3.05) is 25.9 Å². The number of esters is 1. The summed E-state index contributed by atoms with van der Waals surface area (Å²) in [6.45, 7) is 0.237. The van der Waals surface area contributed by atoms with Gasteiger partial charge < -0.3 is 19.5 Å². The first-order chi connectivity index (χ1) is 12.1. The number of fused-ring (bicyclic) bond motifs is 1. The number of carbonyl (C=O) groups excluding carboxylic acids is 2. The molecule has 0 fully saturated rings. The second-order valence-electron chi connectivity index (χ2n) is 5.20. The smallest absolute Gasteiger partial charge is 0.328 e. The van der Waals surface area contributed by atoms with Crippen LogP contribution in [0.4, 0.5) is 0 Å². The number of ether oxygens (including phenoxy) is 3. The summed E-state index contributed by atoms with van der Waals surface area (Å²) in [5, 5.41) is 2.65. The Balaban J connectivity index is 1.87. The maximum atomic E-state index is 11.9. The summed E-state index contributed by atoms with van der Waals surface area (Å²) in [6, 6.07) is 4.97. The van der Waals surface area contributed by atoms with Crippen LogP contribution in [0.25, 0.3) is 6.08 Å². The summed E-state index contributed by atoms with van der Waals surface area (Å²) in [5.74, 6) is 1.41. The van der Waals surface area contributed by atoms with E-state index < -0.39 is 12.0 Å². The van der Waals surface area contributed by atoms with E-state index in [1.807, 2.05) is 30.5 Å². The number of amides is 1. The lowest BCUT2D eigenvalue weighted by Crippen LogP contribution is -2.41. The third-order valence-electron chi connectivity index (χ3n) is 3.46. The van der Waals surface area contributed by atoms with Gasteiger partial charge in [0.15, 0.2) is 11.5 Å². The molecule has 1 aromatic carbocycles. The van der Waals surface area contributed by atoms with Gasteiger partial charge in [0, 0.05) is 6.08 Å². The summed E-state index contributed by atoms with van der Waals surface area (Å²) < 4.78 is 15.3. The maximum absolute atomic E-state index is 11.9. The summed E-state index contributed by atoms with van der Waals surface area (Å²) in [4.78, 5) is 23.6. The monoisotopic (exact) mass is 363 g/mol. The lowest BCUT2D eigenvalue weighted by molar-refractivity contribution is -0.144. The second-order valence-corrected chi connectivity index (χ2v) is 6.18. The Hall–Kier alpha value is -2.41. The van der Waals surface area contributed by atoms with E-state index in [1.54, 1.807) is 23.9 Å². The lowest BCUT2D eigenvalue weighted by atomic mass is 10.2. The maximum Gasteiger partial charge on any atom is 0.328 e. The molecule has 6 nitrogen and oxygen atoms in total. The molecule has 1 heterocycles. The SMILES string of the molecule is COC(=O)C(CCSC)NC(=O)/C=C/C=C/c1ccc2c(c1)OCO2. The molecule has 0 spiro atoms. The molecule has 0 aromatic heterocycles. The van der Waals surface area contributed by atoms with E-state index in [9.17, 15) is 9.59 Å². The van der Waals surface area contributed by atoms with Crippen LogP contribution in [-0.2, 0) is 14.3 Å². The van der Waals surface area contributed by atoms with Crippen molar-refractivity contribution in [3.05, 3.63) is 42.0 Å². The largest absolute Gasteiger partial charge is 0.467 e. The molecule has 134 valence electrons. The van der Waals surface area contributed by atoms with Gasteiger partial charge in [0.2, 0.25) is 12.7 Å². The fraction of sp³-hybridized carbons (Fsp3) is 0.333. The molecule has 0 saturated carbocycles. The molecule has 1 amide bonds. The first-order valence-corrected chi connectivity index (χ1v) is 9.15. The van der Waals surface area contributed by atoms with Gasteiger partial charge >= 0.3 is 5.97 Å². The first kappa shape index (κ1) is 18.9. The lowest BCUT2D eigenvalue weighted by Gasteiger charge is -2.14. The number of rotatable bonds is 8. The fourth-order valence-electron chi connectivity index (χ4n) is 2.17. The molecular weight excluding hydrogens is 342 g/mol. The van der Waals surface area contributed by atoms with Gasteiger partial charge in [0.25, 0.3) is 0 Å². The quantitative estimate of drug-likeness (QED) is 0.434. The van der Waals surface area contributed by atoms with Crippen LogP contribution in [0.2, 0.25) is 0 Å². The van der Waals surface area contributed by atoms with Crippen LogP contribution in [-0.4, -0.2) is 43.8 Å². The molecular formula is C18H21NO5S. The Kier molecular flexibility index (Phi) is 7.40. The molecule has 0 bridgehead atoms. The third kappa shape index (κ3) is 5.86. The summed E-state index contributed by atoms with van der Waals surface area (Å²) in [6.07, 6.45) is 9.04. The number of hydrogen-bond acceptors (Lipinski definition) is 6. The van der Waals surface area contributed by atoms with E-state index >= 15 is 0 Å². The van der Waals surface area contributed by atoms with E-state index in [4.69, 9.17) is 14.2 Å². The van der Waals surface area contributed by atoms with Crippen molar-refractivity contribution in [2.24, 2.45) is 0 Å². The van der Waals surface area contributed by atoms with Crippen LogP contribution >= 0.6 is 11.8 Å². The van der Waals surface area contributed by atoms with Crippen molar-refractivity contribution < 1.29 is 23.8 Å². The highest BCUT2D eigenvalue weighted by Gasteiger charge is 2.19. The van der Waals surface area contributed by atoms with Gasteiger partial charge in [0.1, 0.15) is 6.04 Å². The molecule has 7 heteroatoms. The highest BCUT2D eigenvalue weighted by atomic mass is 32.2. The Morgan fingerprint density at radius 3 is 2.88 bits per heavy atom. The van der Waals surface area contributed by atoms with E-state index in [0.29, 0.717) is 12.2 Å².